The van der Waals surface area contributed by atoms with Gasteiger partial charge in [0.25, 0.3) is 5.91 Å². The Morgan fingerprint density at radius 2 is 2.17 bits per heavy atom. The normalized spacial score (nSPS) is 10.6. The molecule has 0 unspecified atom stereocenters. The third-order valence-corrected chi connectivity index (χ3v) is 2.03. The molecule has 1 aromatic heterocycles. The minimum Gasteiger partial charge on any atom is -0.466 e. The smallest absolute Gasteiger partial charge is 0.330 e. The van der Waals surface area contributed by atoms with Gasteiger partial charge in [0.15, 0.2) is 5.76 Å². The molecule has 0 bridgehead atoms. The number of amides is 1. The van der Waals surface area contributed by atoms with Crippen molar-refractivity contribution in [2.75, 3.05) is 27.4 Å². The lowest BCUT2D eigenvalue weighted by molar-refractivity contribution is -0.134. The molecule has 0 aliphatic carbocycles. The molecule has 1 aromatic rings. The summed E-state index contributed by atoms with van der Waals surface area (Å²) in [4.78, 5) is 22.4. The van der Waals surface area contributed by atoms with Gasteiger partial charge in [-0.25, -0.2) is 4.79 Å². The van der Waals surface area contributed by atoms with Crippen molar-refractivity contribution in [2.45, 2.75) is 0 Å². The molecule has 1 heterocycles. The van der Waals surface area contributed by atoms with Gasteiger partial charge in [-0.3, -0.25) is 4.79 Å². The number of nitrogens with one attached hydrogen (secondary N) is 1. The van der Waals surface area contributed by atoms with Crippen LogP contribution in [0.25, 0.3) is 6.08 Å². The third kappa shape index (κ3) is 4.42. The number of carbonyl (C=O) groups excluding carboxylic acids is 2. The molecule has 0 saturated heterocycles. The van der Waals surface area contributed by atoms with Gasteiger partial charge in [0.05, 0.1) is 13.7 Å². The van der Waals surface area contributed by atoms with Crippen molar-refractivity contribution in [3.63, 3.8) is 0 Å². The Balaban J connectivity index is 2.54. The van der Waals surface area contributed by atoms with Crippen molar-refractivity contribution in [2.24, 2.45) is 0 Å². The van der Waals surface area contributed by atoms with Gasteiger partial charge in [0.1, 0.15) is 5.76 Å². The monoisotopic (exact) mass is 253 g/mol. The Morgan fingerprint density at radius 3 is 2.83 bits per heavy atom. The van der Waals surface area contributed by atoms with E-state index in [1.54, 1.807) is 13.2 Å². The number of methoxy groups -OCH3 is 2. The zero-order valence-corrected chi connectivity index (χ0v) is 10.3. The molecule has 6 heteroatoms. The number of ether oxygens (including phenoxy) is 2. The van der Waals surface area contributed by atoms with Gasteiger partial charge in [0, 0.05) is 19.7 Å². The molecular weight excluding hydrogens is 238 g/mol. The van der Waals surface area contributed by atoms with Crippen LogP contribution in [-0.2, 0) is 14.3 Å². The van der Waals surface area contributed by atoms with Crippen molar-refractivity contribution in [1.82, 2.24) is 5.32 Å². The van der Waals surface area contributed by atoms with Crippen LogP contribution in [0.4, 0.5) is 0 Å². The summed E-state index contributed by atoms with van der Waals surface area (Å²) >= 11 is 0. The predicted molar refractivity (Wildman–Crippen MR) is 64.0 cm³/mol. The maximum absolute atomic E-state index is 11.6. The summed E-state index contributed by atoms with van der Waals surface area (Å²) in [5, 5.41) is 2.62. The van der Waals surface area contributed by atoms with Gasteiger partial charge in [-0.15, -0.1) is 0 Å². The van der Waals surface area contributed by atoms with E-state index in [0.29, 0.717) is 18.9 Å². The fourth-order valence-corrected chi connectivity index (χ4v) is 1.14. The van der Waals surface area contributed by atoms with E-state index in [2.05, 4.69) is 10.1 Å². The van der Waals surface area contributed by atoms with Crippen molar-refractivity contribution in [3.05, 3.63) is 29.7 Å². The highest BCUT2D eigenvalue weighted by atomic mass is 16.5. The third-order valence-electron chi connectivity index (χ3n) is 2.03. The van der Waals surface area contributed by atoms with Crippen molar-refractivity contribution in [3.8, 4) is 0 Å². The Morgan fingerprint density at radius 1 is 1.39 bits per heavy atom. The van der Waals surface area contributed by atoms with Gasteiger partial charge >= 0.3 is 5.97 Å². The number of hydrogen-bond donors (Lipinski definition) is 1. The standard InChI is InChI=1S/C12H15NO5/c1-16-8-7-13-12(15)10-5-3-9(18-10)4-6-11(14)17-2/h3-6H,7-8H2,1-2H3,(H,13,15)/b6-4+. The topological polar surface area (TPSA) is 77.8 Å². The van der Waals surface area contributed by atoms with Gasteiger partial charge in [0.2, 0.25) is 0 Å². The lowest BCUT2D eigenvalue weighted by Crippen LogP contribution is -2.26. The van der Waals surface area contributed by atoms with E-state index in [0.717, 1.165) is 0 Å². The second kappa shape index (κ2) is 7.29. The molecule has 98 valence electrons. The highest BCUT2D eigenvalue weighted by Crippen LogP contribution is 2.09. The Kier molecular flexibility index (Phi) is 5.66. The average Bonchev–Trinajstić information content (AvgIpc) is 2.85. The summed E-state index contributed by atoms with van der Waals surface area (Å²) in [5.41, 5.74) is 0. The molecule has 0 aliphatic heterocycles. The van der Waals surface area contributed by atoms with E-state index in [-0.39, 0.29) is 11.7 Å². The van der Waals surface area contributed by atoms with E-state index in [1.165, 1.54) is 25.3 Å². The average molecular weight is 253 g/mol. The number of furan rings is 1. The molecule has 0 aliphatic rings. The summed E-state index contributed by atoms with van der Waals surface area (Å²) in [6, 6.07) is 3.11. The molecule has 0 aromatic carbocycles. The first kappa shape index (κ1) is 14.0. The van der Waals surface area contributed by atoms with E-state index in [4.69, 9.17) is 9.15 Å². The summed E-state index contributed by atoms with van der Waals surface area (Å²) < 4.78 is 14.5. The SMILES string of the molecule is COCCNC(=O)c1ccc(/C=C/C(=O)OC)o1. The molecule has 0 spiro atoms. The van der Waals surface area contributed by atoms with Crippen molar-refractivity contribution in [1.29, 1.82) is 0 Å². The molecule has 0 saturated carbocycles. The van der Waals surface area contributed by atoms with Gasteiger partial charge in [-0.05, 0) is 18.2 Å². The van der Waals surface area contributed by atoms with Crippen molar-refractivity contribution < 1.29 is 23.5 Å². The van der Waals surface area contributed by atoms with Crippen LogP contribution in [0.1, 0.15) is 16.3 Å². The maximum atomic E-state index is 11.6. The molecule has 1 amide bonds. The van der Waals surface area contributed by atoms with E-state index in [9.17, 15) is 9.59 Å². The second-order valence-corrected chi connectivity index (χ2v) is 3.31. The molecule has 0 atom stereocenters. The summed E-state index contributed by atoms with van der Waals surface area (Å²) in [5.74, 6) is -0.241. The van der Waals surface area contributed by atoms with Crippen LogP contribution >= 0.6 is 0 Å². The van der Waals surface area contributed by atoms with Crippen LogP contribution in [0.5, 0.6) is 0 Å². The Labute approximate surface area is 105 Å². The molecule has 6 nitrogen and oxygen atoms in total. The van der Waals surface area contributed by atoms with Gasteiger partial charge in [-0.2, -0.15) is 0 Å². The number of esters is 1. The highest BCUT2D eigenvalue weighted by molar-refractivity contribution is 5.92. The minimum atomic E-state index is -0.488. The van der Waals surface area contributed by atoms with Crippen molar-refractivity contribution >= 4 is 18.0 Å². The zero-order chi connectivity index (χ0) is 13.4. The first-order chi connectivity index (χ1) is 8.67. The first-order valence-corrected chi connectivity index (χ1v) is 5.30. The molecule has 1 N–H and O–H groups in total. The summed E-state index contributed by atoms with van der Waals surface area (Å²) in [7, 11) is 2.83. The number of carbonyl (C=O) groups is 2. The molecule has 1 rings (SSSR count). The quantitative estimate of drug-likeness (QED) is 0.462. The summed E-state index contributed by atoms with van der Waals surface area (Å²) in [6.07, 6.45) is 2.64. The van der Waals surface area contributed by atoms with E-state index >= 15 is 0 Å². The highest BCUT2D eigenvalue weighted by Gasteiger charge is 2.09. The van der Waals surface area contributed by atoms with Crippen LogP contribution in [0, 0.1) is 0 Å². The molecule has 0 radical (unpaired) electrons. The summed E-state index contributed by atoms with van der Waals surface area (Å²) in [6.45, 7) is 0.838. The van der Waals surface area contributed by atoms with Gasteiger partial charge in [-0.1, -0.05) is 0 Å². The zero-order valence-electron chi connectivity index (χ0n) is 10.3. The van der Waals surface area contributed by atoms with E-state index < -0.39 is 5.97 Å². The fraction of sp³-hybridized carbons (Fsp3) is 0.333. The second-order valence-electron chi connectivity index (χ2n) is 3.31. The van der Waals surface area contributed by atoms with E-state index in [1.807, 2.05) is 0 Å². The first-order valence-electron chi connectivity index (χ1n) is 5.30. The molecular formula is C12H15NO5. The molecule has 18 heavy (non-hydrogen) atoms. The van der Waals surface area contributed by atoms with Gasteiger partial charge < -0.3 is 19.2 Å². The molecule has 0 fully saturated rings. The number of hydrogen-bond acceptors (Lipinski definition) is 5. The van der Waals surface area contributed by atoms with Crippen LogP contribution < -0.4 is 5.32 Å². The Hall–Kier alpha value is -2.08. The maximum Gasteiger partial charge on any atom is 0.330 e. The van der Waals surface area contributed by atoms with Crippen LogP contribution in [0.2, 0.25) is 0 Å². The largest absolute Gasteiger partial charge is 0.466 e. The predicted octanol–water partition coefficient (Wildman–Crippen LogP) is 0.842. The fourth-order valence-electron chi connectivity index (χ4n) is 1.14. The van der Waals surface area contributed by atoms with Crippen LogP contribution in [-0.4, -0.2) is 39.2 Å². The minimum absolute atomic E-state index is 0.176. The number of rotatable bonds is 6. The van der Waals surface area contributed by atoms with Crippen LogP contribution in [0.3, 0.4) is 0 Å². The van der Waals surface area contributed by atoms with Crippen LogP contribution in [0.15, 0.2) is 22.6 Å². The lowest BCUT2D eigenvalue weighted by atomic mass is 10.4. The lowest BCUT2D eigenvalue weighted by Gasteiger charge is -2.00. The Bertz CT molecular complexity index is 435.